The summed E-state index contributed by atoms with van der Waals surface area (Å²) in [5.41, 5.74) is 1.11. The van der Waals surface area contributed by atoms with Gasteiger partial charge in [-0.1, -0.05) is 54.6 Å². The average Bonchev–Trinajstić information content (AvgIpc) is 2.83. The van der Waals surface area contributed by atoms with Crippen molar-refractivity contribution in [1.29, 1.82) is 0 Å². The van der Waals surface area contributed by atoms with E-state index in [0.717, 1.165) is 0 Å². The van der Waals surface area contributed by atoms with E-state index in [-0.39, 0.29) is 23.7 Å². The molecule has 5 heteroatoms. The first-order valence-electron chi connectivity index (χ1n) is 10.4. The number of carbonyl (C=O) groups is 2. The first-order valence-corrected chi connectivity index (χ1v) is 10.4. The summed E-state index contributed by atoms with van der Waals surface area (Å²) in [6.45, 7) is -0.254. The predicted octanol–water partition coefficient (Wildman–Crippen LogP) is 4.99. The summed E-state index contributed by atoms with van der Waals surface area (Å²) in [6.07, 6.45) is 3.31. The molecule has 0 radical (unpaired) electrons. The fraction of sp³-hybridized carbons (Fsp3) is 0.111. The summed E-state index contributed by atoms with van der Waals surface area (Å²) in [5, 5.41) is 9.74. The maximum Gasteiger partial charge on any atom is 0.179 e. The molecule has 0 heterocycles. The lowest BCUT2D eigenvalue weighted by molar-refractivity contribution is 0.0760. The molecule has 0 saturated heterocycles. The van der Waals surface area contributed by atoms with Crippen molar-refractivity contribution in [2.45, 2.75) is 0 Å². The summed E-state index contributed by atoms with van der Waals surface area (Å²) in [7, 11) is 0. The molecule has 32 heavy (non-hydrogen) atoms. The number of ketones is 2. The smallest absolute Gasteiger partial charge is 0.179 e. The van der Waals surface area contributed by atoms with Crippen molar-refractivity contribution in [3.05, 3.63) is 113 Å². The minimum absolute atomic E-state index is 0.198. The van der Waals surface area contributed by atoms with Crippen LogP contribution >= 0.6 is 0 Å². The van der Waals surface area contributed by atoms with Gasteiger partial charge in [0.25, 0.3) is 0 Å². The van der Waals surface area contributed by atoms with Crippen molar-refractivity contribution >= 4 is 11.6 Å². The van der Waals surface area contributed by atoms with Gasteiger partial charge in [-0.2, -0.15) is 0 Å². The number of aliphatic hydroxyl groups excluding tert-OH is 1. The van der Waals surface area contributed by atoms with Crippen LogP contribution < -0.4 is 9.47 Å². The van der Waals surface area contributed by atoms with Crippen molar-refractivity contribution in [3.8, 4) is 17.2 Å². The highest BCUT2D eigenvalue weighted by molar-refractivity contribution is 6.19. The second kappa shape index (κ2) is 8.29. The molecule has 0 aromatic heterocycles. The van der Waals surface area contributed by atoms with Gasteiger partial charge in [-0.15, -0.1) is 0 Å². The van der Waals surface area contributed by atoms with Crippen LogP contribution in [0.2, 0.25) is 0 Å². The van der Waals surface area contributed by atoms with E-state index in [1.165, 1.54) is 0 Å². The summed E-state index contributed by atoms with van der Waals surface area (Å²) in [4.78, 5) is 27.2. The van der Waals surface area contributed by atoms with Gasteiger partial charge in [-0.3, -0.25) is 9.59 Å². The van der Waals surface area contributed by atoms with Crippen molar-refractivity contribution in [2.24, 2.45) is 11.8 Å². The first-order chi connectivity index (χ1) is 15.7. The maximum atomic E-state index is 13.8. The zero-order valence-electron chi connectivity index (χ0n) is 17.1. The van der Waals surface area contributed by atoms with Gasteiger partial charge in [-0.25, -0.2) is 0 Å². The molecule has 0 bridgehead atoms. The molecule has 2 unspecified atom stereocenters. The lowest BCUT2D eigenvalue weighted by Crippen LogP contribution is -2.40. The van der Waals surface area contributed by atoms with E-state index in [1.807, 2.05) is 36.4 Å². The average molecular weight is 424 g/mol. The molecule has 5 nitrogen and oxygen atoms in total. The van der Waals surface area contributed by atoms with Crippen molar-refractivity contribution in [1.82, 2.24) is 0 Å². The molecule has 0 spiro atoms. The lowest BCUT2D eigenvalue weighted by atomic mass is 9.70. The molecule has 0 aliphatic heterocycles. The van der Waals surface area contributed by atoms with E-state index in [1.54, 1.807) is 54.6 Å². The van der Waals surface area contributed by atoms with E-state index >= 15 is 0 Å². The Morgan fingerprint density at radius 1 is 0.750 bits per heavy atom. The molecule has 3 aromatic rings. The van der Waals surface area contributed by atoms with Crippen LogP contribution in [0.4, 0.5) is 0 Å². The lowest BCUT2D eigenvalue weighted by Gasteiger charge is -2.33. The Balaban J connectivity index is 1.59. The van der Waals surface area contributed by atoms with Crippen molar-refractivity contribution in [3.63, 3.8) is 0 Å². The Bertz CT molecular complexity index is 1240. The Labute approximate surface area is 185 Å². The largest absolute Gasteiger partial charge is 0.461 e. The standard InChI is InChI=1S/C27H20O5/c28-16-17-14-21-25(23(15-17)32-19-10-5-2-6-11-19)27(30)24-20(26(21)29)12-7-13-22(24)31-18-8-3-1-4-9-18/h1-15,21,25,28H,16H2. The van der Waals surface area contributed by atoms with Gasteiger partial charge >= 0.3 is 0 Å². The number of Topliss-reactive ketones (excluding diaryl/α,β-unsaturated/α-hetero) is 2. The SMILES string of the molecule is O=C1c2cccc(Oc3ccccc3)c2C(=O)C2C(Oc3ccccc3)=CC(CO)=CC12. The maximum absolute atomic E-state index is 13.8. The summed E-state index contributed by atoms with van der Waals surface area (Å²) in [6, 6.07) is 23.2. The van der Waals surface area contributed by atoms with Crippen LogP contribution in [0.25, 0.3) is 0 Å². The van der Waals surface area contributed by atoms with Gasteiger partial charge < -0.3 is 14.6 Å². The van der Waals surface area contributed by atoms with Crippen LogP contribution in [0.1, 0.15) is 20.7 Å². The number of para-hydroxylation sites is 2. The monoisotopic (exact) mass is 424 g/mol. The van der Waals surface area contributed by atoms with Gasteiger partial charge in [0.1, 0.15) is 23.0 Å². The van der Waals surface area contributed by atoms with E-state index in [0.29, 0.717) is 34.1 Å². The fourth-order valence-corrected chi connectivity index (χ4v) is 4.19. The molecular weight excluding hydrogens is 404 g/mol. The quantitative estimate of drug-likeness (QED) is 0.625. The van der Waals surface area contributed by atoms with Gasteiger partial charge in [0, 0.05) is 5.56 Å². The van der Waals surface area contributed by atoms with E-state index in [2.05, 4.69) is 0 Å². The normalized spacial score (nSPS) is 19.4. The molecule has 3 aromatic carbocycles. The van der Waals surface area contributed by atoms with E-state index in [4.69, 9.17) is 9.47 Å². The van der Waals surface area contributed by atoms with Gasteiger partial charge in [0.05, 0.1) is 24.0 Å². The van der Waals surface area contributed by atoms with E-state index < -0.39 is 11.8 Å². The third-order valence-electron chi connectivity index (χ3n) is 5.64. The first kappa shape index (κ1) is 20.0. The topological polar surface area (TPSA) is 72.8 Å². The van der Waals surface area contributed by atoms with Crippen molar-refractivity contribution in [2.75, 3.05) is 6.61 Å². The molecule has 2 aliphatic carbocycles. The zero-order valence-corrected chi connectivity index (χ0v) is 17.1. The fourth-order valence-electron chi connectivity index (χ4n) is 4.19. The Kier molecular flexibility index (Phi) is 5.17. The van der Waals surface area contributed by atoms with Gasteiger partial charge in [0.15, 0.2) is 11.6 Å². The second-order valence-corrected chi connectivity index (χ2v) is 7.69. The zero-order chi connectivity index (χ0) is 22.1. The van der Waals surface area contributed by atoms with Crippen LogP contribution in [0, 0.1) is 11.8 Å². The van der Waals surface area contributed by atoms with Crippen LogP contribution in [-0.2, 0) is 0 Å². The highest BCUT2D eigenvalue weighted by Gasteiger charge is 2.46. The number of hydrogen-bond donors (Lipinski definition) is 1. The Morgan fingerprint density at radius 3 is 2.06 bits per heavy atom. The number of benzene rings is 3. The van der Waals surface area contributed by atoms with Crippen LogP contribution in [0.5, 0.6) is 17.2 Å². The van der Waals surface area contributed by atoms with E-state index in [9.17, 15) is 14.7 Å². The molecule has 0 saturated carbocycles. The number of hydrogen-bond acceptors (Lipinski definition) is 5. The molecule has 0 fully saturated rings. The predicted molar refractivity (Wildman–Crippen MR) is 119 cm³/mol. The molecule has 0 amide bonds. The molecule has 2 atom stereocenters. The second-order valence-electron chi connectivity index (χ2n) is 7.69. The summed E-state index contributed by atoms with van der Waals surface area (Å²) >= 11 is 0. The Morgan fingerprint density at radius 2 is 1.41 bits per heavy atom. The minimum Gasteiger partial charge on any atom is -0.461 e. The number of rotatable bonds is 5. The van der Waals surface area contributed by atoms with Gasteiger partial charge in [0.2, 0.25) is 0 Å². The summed E-state index contributed by atoms with van der Waals surface area (Å²) < 4.78 is 12.0. The minimum atomic E-state index is -0.828. The third kappa shape index (κ3) is 3.53. The number of carbonyl (C=O) groups excluding carboxylic acids is 2. The summed E-state index contributed by atoms with van der Waals surface area (Å²) in [5.74, 6) is -0.211. The molecule has 5 rings (SSSR count). The van der Waals surface area contributed by atoms with Crippen molar-refractivity contribution < 1.29 is 24.2 Å². The van der Waals surface area contributed by atoms with Gasteiger partial charge in [-0.05, 0) is 42.0 Å². The van der Waals surface area contributed by atoms with Crippen LogP contribution in [0.15, 0.2) is 102 Å². The number of fused-ring (bicyclic) bond motifs is 2. The van der Waals surface area contributed by atoms with Crippen LogP contribution in [0.3, 0.4) is 0 Å². The number of aliphatic hydroxyl groups is 1. The molecule has 1 N–H and O–H groups in total. The number of ether oxygens (including phenoxy) is 2. The highest BCUT2D eigenvalue weighted by atomic mass is 16.5. The molecule has 158 valence electrons. The molecule has 2 aliphatic rings. The van der Waals surface area contributed by atoms with Crippen LogP contribution in [-0.4, -0.2) is 23.3 Å². The third-order valence-corrected chi connectivity index (χ3v) is 5.64. The number of allylic oxidation sites excluding steroid dienone is 2. The highest BCUT2D eigenvalue weighted by Crippen LogP contribution is 2.43. The molecular formula is C27H20O5. The Hall–Kier alpha value is -3.96.